The topological polar surface area (TPSA) is 77.9 Å². The minimum absolute atomic E-state index is 0.0450. The van der Waals surface area contributed by atoms with Gasteiger partial charge in [0.05, 0.1) is 17.8 Å². The van der Waals surface area contributed by atoms with Gasteiger partial charge in [0.15, 0.2) is 0 Å². The molecule has 1 saturated heterocycles. The highest BCUT2D eigenvalue weighted by Gasteiger charge is 2.39. The average Bonchev–Trinajstić information content (AvgIpc) is 2.99. The van der Waals surface area contributed by atoms with Gasteiger partial charge in [0.1, 0.15) is 6.04 Å². The summed E-state index contributed by atoms with van der Waals surface area (Å²) in [4.78, 5) is 38.3. The number of carbonyl (C=O) groups is 3. The number of fused-ring (bicyclic) bond motifs is 1. The summed E-state index contributed by atoms with van der Waals surface area (Å²) in [5.74, 6) is -1.60. The lowest BCUT2D eigenvalue weighted by Crippen LogP contribution is -2.45. The van der Waals surface area contributed by atoms with Gasteiger partial charge in [0.25, 0.3) is 11.8 Å². The Morgan fingerprint density at radius 2 is 1.80 bits per heavy atom. The molecule has 0 aromatic heterocycles. The van der Waals surface area contributed by atoms with Gasteiger partial charge in [-0.15, -0.1) is 0 Å². The Bertz CT molecular complexity index is 564. The van der Waals surface area contributed by atoms with Crippen LogP contribution in [0.2, 0.25) is 0 Å². The monoisotopic (exact) mass is 274 g/mol. The van der Waals surface area contributed by atoms with Crippen molar-refractivity contribution in [2.75, 3.05) is 13.2 Å². The van der Waals surface area contributed by atoms with E-state index in [0.29, 0.717) is 24.1 Å². The van der Waals surface area contributed by atoms with E-state index in [0.717, 1.165) is 11.3 Å². The summed E-state index contributed by atoms with van der Waals surface area (Å²) in [6.45, 7) is 0.633. The van der Waals surface area contributed by atoms with Crippen LogP contribution in [0.15, 0.2) is 24.3 Å². The minimum Gasteiger partial charge on any atom is -0.480 e. The number of likely N-dealkylation sites (tertiary alicyclic amines) is 1. The van der Waals surface area contributed by atoms with Crippen LogP contribution in [0.1, 0.15) is 33.6 Å². The van der Waals surface area contributed by atoms with Gasteiger partial charge < -0.3 is 5.11 Å². The van der Waals surface area contributed by atoms with Crippen LogP contribution < -0.4 is 0 Å². The predicted octanol–water partition coefficient (Wildman–Crippen LogP) is 0.789. The van der Waals surface area contributed by atoms with Crippen molar-refractivity contribution in [1.82, 2.24) is 9.80 Å². The summed E-state index contributed by atoms with van der Waals surface area (Å²) in [5.41, 5.74) is 0.784. The Kier molecular flexibility index (Phi) is 3.02. The molecule has 6 nitrogen and oxygen atoms in total. The molecule has 104 valence electrons. The fourth-order valence-corrected chi connectivity index (χ4v) is 2.82. The third-order valence-electron chi connectivity index (χ3n) is 3.85. The first-order valence-corrected chi connectivity index (χ1v) is 6.51. The maximum absolute atomic E-state index is 12.2. The lowest BCUT2D eigenvalue weighted by molar-refractivity contribution is -0.142. The van der Waals surface area contributed by atoms with Gasteiger partial charge in [-0.1, -0.05) is 12.1 Å². The maximum Gasteiger partial charge on any atom is 0.320 e. The van der Waals surface area contributed by atoms with Crippen molar-refractivity contribution in [2.45, 2.75) is 18.9 Å². The molecule has 0 bridgehead atoms. The zero-order valence-electron chi connectivity index (χ0n) is 10.8. The number of carboxylic acid groups (broad SMARTS) is 1. The van der Waals surface area contributed by atoms with Gasteiger partial charge in [-0.05, 0) is 25.0 Å². The summed E-state index contributed by atoms with van der Waals surface area (Å²) >= 11 is 0. The summed E-state index contributed by atoms with van der Waals surface area (Å²) in [6, 6.07) is 6.05. The Morgan fingerprint density at radius 1 is 1.20 bits per heavy atom. The molecule has 1 aromatic carbocycles. The van der Waals surface area contributed by atoms with E-state index in [1.807, 2.05) is 0 Å². The molecule has 0 radical (unpaired) electrons. The molecule has 2 aliphatic heterocycles. The molecule has 20 heavy (non-hydrogen) atoms. The summed E-state index contributed by atoms with van der Waals surface area (Å²) in [7, 11) is 0. The SMILES string of the molecule is O=C(O)C1CCCN1CN1C(=O)c2ccccc2C1=O. The van der Waals surface area contributed by atoms with Gasteiger partial charge in [-0.2, -0.15) is 0 Å². The van der Waals surface area contributed by atoms with Crippen LogP contribution in [0.5, 0.6) is 0 Å². The van der Waals surface area contributed by atoms with Gasteiger partial charge >= 0.3 is 5.97 Å². The molecule has 1 aromatic rings. The van der Waals surface area contributed by atoms with E-state index in [1.165, 1.54) is 0 Å². The van der Waals surface area contributed by atoms with E-state index in [1.54, 1.807) is 29.2 Å². The molecular formula is C14H14N2O4. The fraction of sp³-hybridized carbons (Fsp3) is 0.357. The summed E-state index contributed by atoms with van der Waals surface area (Å²) < 4.78 is 0. The van der Waals surface area contributed by atoms with E-state index in [4.69, 9.17) is 5.11 Å². The summed E-state index contributed by atoms with van der Waals surface area (Å²) in [5, 5.41) is 9.13. The second-order valence-corrected chi connectivity index (χ2v) is 5.03. The van der Waals surface area contributed by atoms with Crippen molar-refractivity contribution in [2.24, 2.45) is 0 Å². The molecule has 2 heterocycles. The van der Waals surface area contributed by atoms with Crippen molar-refractivity contribution < 1.29 is 19.5 Å². The molecule has 2 amide bonds. The smallest absolute Gasteiger partial charge is 0.320 e. The number of benzene rings is 1. The van der Waals surface area contributed by atoms with Crippen molar-refractivity contribution in [1.29, 1.82) is 0 Å². The van der Waals surface area contributed by atoms with E-state index in [9.17, 15) is 14.4 Å². The number of nitrogens with zero attached hydrogens (tertiary/aromatic N) is 2. The highest BCUT2D eigenvalue weighted by molar-refractivity contribution is 6.21. The quantitative estimate of drug-likeness (QED) is 0.824. The van der Waals surface area contributed by atoms with Gasteiger partial charge in [0.2, 0.25) is 0 Å². The average molecular weight is 274 g/mol. The Hall–Kier alpha value is -2.21. The molecule has 3 rings (SSSR count). The van der Waals surface area contributed by atoms with Crippen LogP contribution in [0.3, 0.4) is 0 Å². The Morgan fingerprint density at radius 3 is 2.35 bits per heavy atom. The first-order chi connectivity index (χ1) is 9.59. The number of carboxylic acids is 1. The van der Waals surface area contributed by atoms with Crippen LogP contribution in [-0.4, -0.2) is 51.9 Å². The highest BCUT2D eigenvalue weighted by atomic mass is 16.4. The third kappa shape index (κ3) is 1.89. The molecule has 6 heteroatoms. The van der Waals surface area contributed by atoms with E-state index >= 15 is 0 Å². The van der Waals surface area contributed by atoms with Crippen molar-refractivity contribution in [3.05, 3.63) is 35.4 Å². The second-order valence-electron chi connectivity index (χ2n) is 5.03. The van der Waals surface area contributed by atoms with Crippen molar-refractivity contribution in [3.63, 3.8) is 0 Å². The molecule has 0 spiro atoms. The minimum atomic E-state index is -0.904. The van der Waals surface area contributed by atoms with Crippen molar-refractivity contribution in [3.8, 4) is 0 Å². The molecule has 1 N–H and O–H groups in total. The predicted molar refractivity (Wildman–Crippen MR) is 69.2 cm³/mol. The number of hydrogen-bond acceptors (Lipinski definition) is 4. The standard InChI is InChI=1S/C14H14N2O4/c17-12-9-4-1-2-5-10(9)13(18)16(12)8-15-7-3-6-11(15)14(19)20/h1-2,4-5,11H,3,6-8H2,(H,19,20). The Labute approximate surface area is 115 Å². The normalized spacial score (nSPS) is 22.4. The number of carbonyl (C=O) groups excluding carboxylic acids is 2. The van der Waals surface area contributed by atoms with E-state index in [2.05, 4.69) is 0 Å². The van der Waals surface area contributed by atoms with Crippen LogP contribution in [0.25, 0.3) is 0 Å². The number of hydrogen-bond donors (Lipinski definition) is 1. The van der Waals surface area contributed by atoms with Crippen LogP contribution in [-0.2, 0) is 4.79 Å². The molecular weight excluding hydrogens is 260 g/mol. The molecule has 0 aliphatic carbocycles. The largest absolute Gasteiger partial charge is 0.480 e. The number of amides is 2. The summed E-state index contributed by atoms with van der Waals surface area (Å²) in [6.07, 6.45) is 1.32. The van der Waals surface area contributed by atoms with E-state index in [-0.39, 0.29) is 18.5 Å². The zero-order valence-corrected chi connectivity index (χ0v) is 10.8. The highest BCUT2D eigenvalue weighted by Crippen LogP contribution is 2.25. The van der Waals surface area contributed by atoms with Crippen LogP contribution in [0, 0.1) is 0 Å². The number of rotatable bonds is 3. The Balaban J connectivity index is 1.82. The van der Waals surface area contributed by atoms with Gasteiger partial charge in [-0.3, -0.25) is 24.2 Å². The first-order valence-electron chi connectivity index (χ1n) is 6.51. The maximum atomic E-state index is 12.2. The molecule has 1 unspecified atom stereocenters. The first kappa shape index (κ1) is 12.8. The van der Waals surface area contributed by atoms with E-state index < -0.39 is 12.0 Å². The van der Waals surface area contributed by atoms with Gasteiger partial charge in [-0.25, -0.2) is 0 Å². The third-order valence-corrected chi connectivity index (χ3v) is 3.85. The lowest BCUT2D eigenvalue weighted by atomic mass is 10.1. The van der Waals surface area contributed by atoms with Crippen LogP contribution in [0.4, 0.5) is 0 Å². The fourth-order valence-electron chi connectivity index (χ4n) is 2.82. The van der Waals surface area contributed by atoms with Crippen LogP contribution >= 0.6 is 0 Å². The molecule has 1 fully saturated rings. The second kappa shape index (κ2) is 4.72. The number of imide groups is 1. The molecule has 2 aliphatic rings. The molecule has 0 saturated carbocycles. The zero-order chi connectivity index (χ0) is 14.3. The lowest BCUT2D eigenvalue weighted by Gasteiger charge is -2.25. The number of aliphatic carboxylic acids is 1. The molecule has 1 atom stereocenters. The van der Waals surface area contributed by atoms with Crippen molar-refractivity contribution >= 4 is 17.8 Å². The van der Waals surface area contributed by atoms with Gasteiger partial charge in [0, 0.05) is 6.54 Å².